The fourth-order valence-electron chi connectivity index (χ4n) is 0.804. The van der Waals surface area contributed by atoms with Crippen molar-refractivity contribution in [3.05, 3.63) is 17.5 Å². The van der Waals surface area contributed by atoms with E-state index in [0.29, 0.717) is 0 Å². The smallest absolute Gasteiger partial charge is 0.413 e. The van der Waals surface area contributed by atoms with Gasteiger partial charge in [0.25, 0.3) is 0 Å². The summed E-state index contributed by atoms with van der Waals surface area (Å²) < 4.78 is 4.63. The third kappa shape index (κ3) is 3.95. The molecule has 0 atom stereocenters. The third-order valence-corrected chi connectivity index (χ3v) is 1.86. The summed E-state index contributed by atoms with van der Waals surface area (Å²) >= 11 is 10.6. The van der Waals surface area contributed by atoms with Gasteiger partial charge in [-0.1, -0.05) is 11.6 Å². The van der Waals surface area contributed by atoms with Crippen LogP contribution in [0.4, 0.5) is 10.6 Å². The van der Waals surface area contributed by atoms with Crippen molar-refractivity contribution in [1.29, 1.82) is 0 Å². The van der Waals surface area contributed by atoms with Crippen molar-refractivity contribution in [3.8, 4) is 0 Å². The summed E-state index contributed by atoms with van der Waals surface area (Å²) in [4.78, 5) is 18.7. The highest BCUT2D eigenvalue weighted by Gasteiger charge is 2.07. The fourth-order valence-corrected chi connectivity index (χ4v) is 1.14. The first-order chi connectivity index (χ1) is 7.63. The molecular formula is C8H9ClN4O2S. The maximum absolute atomic E-state index is 11.0. The second-order valence-corrected chi connectivity index (χ2v) is 3.26. The van der Waals surface area contributed by atoms with Crippen LogP contribution >= 0.6 is 23.8 Å². The summed E-state index contributed by atoms with van der Waals surface area (Å²) in [5.74, 6) is 0.269. The van der Waals surface area contributed by atoms with Gasteiger partial charge in [-0.3, -0.25) is 5.32 Å². The number of aromatic nitrogens is 2. The van der Waals surface area contributed by atoms with Gasteiger partial charge in [0, 0.05) is 12.4 Å². The monoisotopic (exact) mass is 260 g/mol. The zero-order valence-corrected chi connectivity index (χ0v) is 9.93. The minimum absolute atomic E-state index is 0.0425. The number of ether oxygens (including phenoxy) is 1. The Morgan fingerprint density at radius 1 is 1.56 bits per heavy atom. The summed E-state index contributed by atoms with van der Waals surface area (Å²) in [5, 5.41) is 5.11. The lowest BCUT2D eigenvalue weighted by Gasteiger charge is -2.08. The molecule has 2 N–H and O–H groups in total. The van der Waals surface area contributed by atoms with Crippen LogP contribution in [-0.2, 0) is 4.74 Å². The van der Waals surface area contributed by atoms with E-state index in [1.165, 1.54) is 12.4 Å². The highest BCUT2D eigenvalue weighted by atomic mass is 35.5. The molecule has 0 radical (unpaired) electrons. The number of hydrogen-bond acceptors (Lipinski definition) is 5. The van der Waals surface area contributed by atoms with Gasteiger partial charge in [0.1, 0.15) is 0 Å². The number of halogens is 1. The zero-order chi connectivity index (χ0) is 12.0. The summed E-state index contributed by atoms with van der Waals surface area (Å²) in [6, 6.07) is 0. The predicted molar refractivity (Wildman–Crippen MR) is 63.4 cm³/mol. The zero-order valence-electron chi connectivity index (χ0n) is 8.36. The molecule has 0 fully saturated rings. The standard InChI is InChI=1S/C8H9ClN4O2S/c1-2-15-8(14)13-7(16)12-6-5(9)10-3-4-11-6/h3-4H,2H2,1H3,(H2,11,12,13,14,16). The van der Waals surface area contributed by atoms with Crippen LogP contribution in [0.1, 0.15) is 6.92 Å². The van der Waals surface area contributed by atoms with Crippen LogP contribution in [0.5, 0.6) is 0 Å². The van der Waals surface area contributed by atoms with Gasteiger partial charge in [-0.15, -0.1) is 0 Å². The number of carbonyl (C=O) groups excluding carboxylic acids is 1. The van der Waals surface area contributed by atoms with Gasteiger partial charge in [0.05, 0.1) is 6.61 Å². The van der Waals surface area contributed by atoms with E-state index in [1.54, 1.807) is 6.92 Å². The van der Waals surface area contributed by atoms with Crippen LogP contribution in [0.2, 0.25) is 5.15 Å². The Hall–Kier alpha value is -1.47. The van der Waals surface area contributed by atoms with E-state index < -0.39 is 6.09 Å². The van der Waals surface area contributed by atoms with Crippen molar-refractivity contribution in [2.24, 2.45) is 0 Å². The molecule has 86 valence electrons. The lowest BCUT2D eigenvalue weighted by molar-refractivity contribution is 0.158. The SMILES string of the molecule is CCOC(=O)NC(=S)Nc1nccnc1Cl. The van der Waals surface area contributed by atoms with E-state index in [1.807, 2.05) is 0 Å². The van der Waals surface area contributed by atoms with Crippen LogP contribution in [0, 0.1) is 0 Å². The number of hydrogen-bond donors (Lipinski definition) is 2. The largest absolute Gasteiger partial charge is 0.450 e. The molecule has 8 heteroatoms. The van der Waals surface area contributed by atoms with Crippen molar-refractivity contribution in [1.82, 2.24) is 15.3 Å². The number of alkyl carbamates (subject to hydrolysis) is 1. The highest BCUT2D eigenvalue weighted by Crippen LogP contribution is 2.13. The van der Waals surface area contributed by atoms with Gasteiger partial charge in [0.2, 0.25) is 0 Å². The van der Waals surface area contributed by atoms with Gasteiger partial charge in [-0.2, -0.15) is 0 Å². The van der Waals surface area contributed by atoms with Crippen molar-refractivity contribution in [2.75, 3.05) is 11.9 Å². The Labute approximate surface area is 102 Å². The Morgan fingerprint density at radius 2 is 2.25 bits per heavy atom. The third-order valence-electron chi connectivity index (χ3n) is 1.38. The normalized spacial score (nSPS) is 9.38. The quantitative estimate of drug-likeness (QED) is 0.786. The number of nitrogens with one attached hydrogen (secondary N) is 2. The molecule has 0 aromatic carbocycles. The topological polar surface area (TPSA) is 76.1 Å². The maximum Gasteiger partial charge on any atom is 0.413 e. The first kappa shape index (κ1) is 12.6. The minimum atomic E-state index is -0.639. The van der Waals surface area contributed by atoms with Gasteiger partial charge in [-0.25, -0.2) is 14.8 Å². The van der Waals surface area contributed by atoms with Crippen LogP contribution in [0.15, 0.2) is 12.4 Å². The second kappa shape index (κ2) is 6.19. The molecule has 0 unspecified atom stereocenters. The Morgan fingerprint density at radius 3 is 2.88 bits per heavy atom. The summed E-state index contributed by atoms with van der Waals surface area (Å²) in [6.07, 6.45) is 2.25. The number of nitrogens with zero attached hydrogens (tertiary/aromatic N) is 2. The number of rotatable bonds is 2. The van der Waals surface area contributed by atoms with Crippen LogP contribution in [0.25, 0.3) is 0 Å². The molecular weight excluding hydrogens is 252 g/mol. The van der Waals surface area contributed by atoms with Crippen molar-refractivity contribution in [2.45, 2.75) is 6.92 Å². The average molecular weight is 261 g/mol. The lowest BCUT2D eigenvalue weighted by Crippen LogP contribution is -2.34. The van der Waals surface area contributed by atoms with Gasteiger partial charge in [0.15, 0.2) is 16.1 Å². The fraction of sp³-hybridized carbons (Fsp3) is 0.250. The van der Waals surface area contributed by atoms with E-state index in [0.717, 1.165) is 0 Å². The molecule has 1 heterocycles. The molecule has 0 aliphatic carbocycles. The van der Waals surface area contributed by atoms with Crippen LogP contribution in [0.3, 0.4) is 0 Å². The highest BCUT2D eigenvalue weighted by molar-refractivity contribution is 7.80. The molecule has 6 nitrogen and oxygen atoms in total. The average Bonchev–Trinajstić information content (AvgIpc) is 2.21. The van der Waals surface area contributed by atoms with E-state index in [9.17, 15) is 4.79 Å². The molecule has 0 saturated heterocycles. The summed E-state index contributed by atoms with van der Waals surface area (Å²) in [7, 11) is 0. The number of anilines is 1. The first-order valence-corrected chi connectivity index (χ1v) is 5.13. The Balaban J connectivity index is 2.52. The number of amides is 1. The van der Waals surface area contributed by atoms with Crippen molar-refractivity contribution in [3.63, 3.8) is 0 Å². The van der Waals surface area contributed by atoms with Crippen LogP contribution in [-0.4, -0.2) is 27.8 Å². The van der Waals surface area contributed by atoms with E-state index >= 15 is 0 Å². The van der Waals surface area contributed by atoms with E-state index in [-0.39, 0.29) is 22.7 Å². The molecule has 0 saturated carbocycles. The molecule has 0 spiro atoms. The molecule has 0 bridgehead atoms. The predicted octanol–water partition coefficient (Wildman–Crippen LogP) is 1.57. The first-order valence-electron chi connectivity index (χ1n) is 4.34. The summed E-state index contributed by atoms with van der Waals surface area (Å²) in [5.41, 5.74) is 0. The number of thiocarbonyl (C=S) groups is 1. The van der Waals surface area contributed by atoms with Crippen molar-refractivity contribution < 1.29 is 9.53 Å². The second-order valence-electron chi connectivity index (χ2n) is 2.50. The van der Waals surface area contributed by atoms with E-state index in [4.69, 9.17) is 23.8 Å². The van der Waals surface area contributed by atoms with Gasteiger partial charge in [-0.05, 0) is 19.1 Å². The summed E-state index contributed by atoms with van der Waals surface area (Å²) in [6.45, 7) is 1.95. The maximum atomic E-state index is 11.0. The molecule has 1 amide bonds. The van der Waals surface area contributed by atoms with Crippen molar-refractivity contribution >= 4 is 40.8 Å². The Kier molecular flexibility index (Phi) is 4.87. The molecule has 1 aromatic heterocycles. The lowest BCUT2D eigenvalue weighted by atomic mass is 10.6. The number of carbonyl (C=O) groups is 1. The molecule has 0 aliphatic heterocycles. The van der Waals surface area contributed by atoms with E-state index in [2.05, 4.69) is 25.3 Å². The molecule has 1 aromatic rings. The van der Waals surface area contributed by atoms with Gasteiger partial charge < -0.3 is 10.1 Å². The molecule has 16 heavy (non-hydrogen) atoms. The molecule has 1 rings (SSSR count). The minimum Gasteiger partial charge on any atom is -0.450 e. The van der Waals surface area contributed by atoms with Gasteiger partial charge >= 0.3 is 6.09 Å². The Bertz CT molecular complexity index is 401. The van der Waals surface area contributed by atoms with Crippen LogP contribution < -0.4 is 10.6 Å². The molecule has 0 aliphatic rings.